The first-order chi connectivity index (χ1) is 11.6. The number of hydrogen-bond donors (Lipinski definition) is 3. The molecule has 0 amide bonds. The van der Waals surface area contributed by atoms with Crippen LogP contribution in [0, 0.1) is 10.1 Å². The van der Waals surface area contributed by atoms with Crippen molar-refractivity contribution in [2.45, 2.75) is 13.8 Å². The molecule has 24 heavy (non-hydrogen) atoms. The molecule has 3 N–H and O–H groups in total. The molecule has 0 radical (unpaired) electrons. The van der Waals surface area contributed by atoms with E-state index in [1.807, 2.05) is 13.8 Å². The lowest BCUT2D eigenvalue weighted by molar-refractivity contribution is -0.385. The second-order valence-electron chi connectivity index (χ2n) is 4.55. The average molecular weight is 330 g/mol. The van der Waals surface area contributed by atoms with Gasteiger partial charge in [-0.25, -0.2) is 5.43 Å². The predicted octanol–water partition coefficient (Wildman–Crippen LogP) is 2.09. The van der Waals surface area contributed by atoms with Crippen LogP contribution in [0.4, 0.5) is 23.5 Å². The van der Waals surface area contributed by atoms with E-state index < -0.39 is 4.92 Å². The van der Waals surface area contributed by atoms with Crippen molar-refractivity contribution >= 4 is 29.7 Å². The zero-order valence-corrected chi connectivity index (χ0v) is 13.4. The standard InChI is InChI=1S/C14H18N8O2/c1-3-15-12-18-13(16-4-2)20-14(19-12)21-17-9-10-7-5-6-8-11(10)22(23)24/h5-9H,3-4H2,1-2H3,(H3,15,16,18,19,20,21)/b17-9+. The highest BCUT2D eigenvalue weighted by atomic mass is 16.6. The van der Waals surface area contributed by atoms with Crippen molar-refractivity contribution in [2.24, 2.45) is 5.10 Å². The smallest absolute Gasteiger partial charge is 0.278 e. The molecule has 0 aliphatic rings. The number of para-hydroxylation sites is 1. The van der Waals surface area contributed by atoms with Crippen LogP contribution in [0.3, 0.4) is 0 Å². The molecule has 0 saturated carbocycles. The number of nitrogens with one attached hydrogen (secondary N) is 3. The Balaban J connectivity index is 2.17. The molecular weight excluding hydrogens is 312 g/mol. The molecule has 0 aliphatic carbocycles. The number of rotatable bonds is 8. The van der Waals surface area contributed by atoms with Gasteiger partial charge in [0, 0.05) is 19.2 Å². The van der Waals surface area contributed by atoms with E-state index in [0.29, 0.717) is 30.5 Å². The molecule has 1 heterocycles. The minimum atomic E-state index is -0.461. The molecule has 0 aliphatic heterocycles. The molecule has 0 atom stereocenters. The van der Waals surface area contributed by atoms with Crippen LogP contribution in [0.2, 0.25) is 0 Å². The summed E-state index contributed by atoms with van der Waals surface area (Å²) in [5.41, 5.74) is 3.01. The third kappa shape index (κ3) is 4.60. The molecule has 1 aromatic carbocycles. The first kappa shape index (κ1) is 17.1. The summed E-state index contributed by atoms with van der Waals surface area (Å²) < 4.78 is 0. The number of nitro groups is 1. The van der Waals surface area contributed by atoms with Crippen molar-refractivity contribution in [3.05, 3.63) is 39.9 Å². The Morgan fingerprint density at radius 2 is 1.67 bits per heavy atom. The van der Waals surface area contributed by atoms with Crippen molar-refractivity contribution in [1.29, 1.82) is 0 Å². The van der Waals surface area contributed by atoms with Crippen LogP contribution < -0.4 is 16.1 Å². The minimum absolute atomic E-state index is 0.0274. The van der Waals surface area contributed by atoms with Crippen molar-refractivity contribution in [2.75, 3.05) is 29.1 Å². The minimum Gasteiger partial charge on any atom is -0.354 e. The van der Waals surface area contributed by atoms with Gasteiger partial charge < -0.3 is 10.6 Å². The van der Waals surface area contributed by atoms with E-state index >= 15 is 0 Å². The second kappa shape index (κ2) is 8.36. The van der Waals surface area contributed by atoms with E-state index in [-0.39, 0.29) is 11.6 Å². The molecule has 10 nitrogen and oxygen atoms in total. The summed E-state index contributed by atoms with van der Waals surface area (Å²) in [5.74, 6) is 1.05. The van der Waals surface area contributed by atoms with Gasteiger partial charge in [0.1, 0.15) is 0 Å². The van der Waals surface area contributed by atoms with Gasteiger partial charge in [-0.3, -0.25) is 10.1 Å². The zero-order chi connectivity index (χ0) is 17.4. The van der Waals surface area contributed by atoms with Gasteiger partial charge in [-0.2, -0.15) is 20.1 Å². The third-order valence-corrected chi connectivity index (χ3v) is 2.81. The summed E-state index contributed by atoms with van der Waals surface area (Å²) in [7, 11) is 0. The summed E-state index contributed by atoms with van der Waals surface area (Å²) in [4.78, 5) is 23.0. The first-order valence-corrected chi connectivity index (χ1v) is 7.40. The topological polar surface area (TPSA) is 130 Å². The molecule has 0 spiro atoms. The zero-order valence-electron chi connectivity index (χ0n) is 13.4. The van der Waals surface area contributed by atoms with Crippen LogP contribution in [-0.4, -0.2) is 39.2 Å². The van der Waals surface area contributed by atoms with Crippen LogP contribution in [0.25, 0.3) is 0 Å². The van der Waals surface area contributed by atoms with Gasteiger partial charge in [-0.05, 0) is 19.9 Å². The molecular formula is C14H18N8O2. The lowest BCUT2D eigenvalue weighted by Gasteiger charge is -2.07. The monoisotopic (exact) mass is 330 g/mol. The van der Waals surface area contributed by atoms with Crippen molar-refractivity contribution in [1.82, 2.24) is 15.0 Å². The molecule has 10 heteroatoms. The van der Waals surface area contributed by atoms with Gasteiger partial charge in [-0.1, -0.05) is 12.1 Å². The van der Waals surface area contributed by atoms with Crippen molar-refractivity contribution in [3.8, 4) is 0 Å². The van der Waals surface area contributed by atoms with E-state index in [0.717, 1.165) is 0 Å². The molecule has 0 unspecified atom stereocenters. The van der Waals surface area contributed by atoms with Gasteiger partial charge in [0.05, 0.1) is 16.7 Å². The van der Waals surface area contributed by atoms with E-state index in [2.05, 4.69) is 36.1 Å². The molecule has 2 aromatic rings. The largest absolute Gasteiger partial charge is 0.354 e. The highest BCUT2D eigenvalue weighted by molar-refractivity contribution is 5.85. The summed E-state index contributed by atoms with van der Waals surface area (Å²) in [5, 5.41) is 20.9. The van der Waals surface area contributed by atoms with Crippen LogP contribution in [-0.2, 0) is 0 Å². The maximum Gasteiger partial charge on any atom is 0.278 e. The van der Waals surface area contributed by atoms with Crippen LogP contribution in [0.15, 0.2) is 29.4 Å². The van der Waals surface area contributed by atoms with E-state index in [4.69, 9.17) is 0 Å². The number of hydrogen-bond acceptors (Lipinski definition) is 9. The lowest BCUT2D eigenvalue weighted by Crippen LogP contribution is -2.10. The Kier molecular flexibility index (Phi) is 5.95. The van der Waals surface area contributed by atoms with Crippen LogP contribution in [0.1, 0.15) is 19.4 Å². The number of benzene rings is 1. The van der Waals surface area contributed by atoms with Crippen molar-refractivity contribution in [3.63, 3.8) is 0 Å². The SMILES string of the molecule is CCNc1nc(NCC)nc(N/N=C/c2ccccc2[N+](=O)[O-])n1. The molecule has 0 bridgehead atoms. The Bertz CT molecular complexity index is 710. The maximum absolute atomic E-state index is 11.0. The summed E-state index contributed by atoms with van der Waals surface area (Å²) in [6.45, 7) is 5.18. The maximum atomic E-state index is 11.0. The molecule has 0 saturated heterocycles. The van der Waals surface area contributed by atoms with Crippen LogP contribution >= 0.6 is 0 Å². The molecule has 0 fully saturated rings. The van der Waals surface area contributed by atoms with Gasteiger partial charge in [0.15, 0.2) is 0 Å². The Labute approximate surface area is 138 Å². The fourth-order valence-electron chi connectivity index (χ4n) is 1.82. The number of hydrazone groups is 1. The highest BCUT2D eigenvalue weighted by Crippen LogP contribution is 2.15. The van der Waals surface area contributed by atoms with Gasteiger partial charge in [0.25, 0.3) is 5.69 Å². The van der Waals surface area contributed by atoms with E-state index in [1.165, 1.54) is 12.3 Å². The fourth-order valence-corrected chi connectivity index (χ4v) is 1.82. The fraction of sp³-hybridized carbons (Fsp3) is 0.286. The summed E-state index contributed by atoms with van der Waals surface area (Å²) in [6.07, 6.45) is 1.35. The van der Waals surface area contributed by atoms with Crippen LogP contribution in [0.5, 0.6) is 0 Å². The first-order valence-electron chi connectivity index (χ1n) is 7.40. The number of anilines is 3. The van der Waals surface area contributed by atoms with Gasteiger partial charge in [0.2, 0.25) is 17.8 Å². The molecule has 1 aromatic heterocycles. The Morgan fingerprint density at radius 1 is 1.08 bits per heavy atom. The number of nitrogens with zero attached hydrogens (tertiary/aromatic N) is 5. The van der Waals surface area contributed by atoms with Gasteiger partial charge in [-0.15, -0.1) is 0 Å². The number of aromatic nitrogens is 3. The summed E-state index contributed by atoms with van der Waals surface area (Å²) >= 11 is 0. The van der Waals surface area contributed by atoms with Crippen molar-refractivity contribution < 1.29 is 4.92 Å². The second-order valence-corrected chi connectivity index (χ2v) is 4.55. The predicted molar refractivity (Wildman–Crippen MR) is 92.5 cm³/mol. The quantitative estimate of drug-likeness (QED) is 0.381. The third-order valence-electron chi connectivity index (χ3n) is 2.81. The highest BCUT2D eigenvalue weighted by Gasteiger charge is 2.10. The lowest BCUT2D eigenvalue weighted by atomic mass is 10.2. The van der Waals surface area contributed by atoms with E-state index in [1.54, 1.807) is 18.2 Å². The average Bonchev–Trinajstić information content (AvgIpc) is 2.55. The van der Waals surface area contributed by atoms with E-state index in [9.17, 15) is 10.1 Å². The summed E-state index contributed by atoms with van der Waals surface area (Å²) in [6, 6.07) is 6.31. The van der Waals surface area contributed by atoms with Gasteiger partial charge >= 0.3 is 0 Å². The normalized spacial score (nSPS) is 10.6. The number of nitro benzene ring substituents is 1. The Hall–Kier alpha value is -3.30. The molecule has 2 rings (SSSR count). The Morgan fingerprint density at radius 3 is 2.25 bits per heavy atom. The molecule has 126 valence electrons.